The highest BCUT2D eigenvalue weighted by Gasteiger charge is 2.23. The highest BCUT2D eigenvalue weighted by molar-refractivity contribution is 9.10. The average molecular weight is 313 g/mol. The fourth-order valence-corrected chi connectivity index (χ4v) is 2.69. The van der Waals surface area contributed by atoms with Crippen molar-refractivity contribution in [3.8, 4) is 12.3 Å². The summed E-state index contributed by atoms with van der Waals surface area (Å²) in [5.74, 6) is 3.17. The Morgan fingerprint density at radius 2 is 1.88 bits per heavy atom. The minimum absolute atomic E-state index is 0.0804. The summed E-state index contributed by atoms with van der Waals surface area (Å²) < 4.78 is 12.9. The van der Waals surface area contributed by atoms with E-state index in [0.29, 0.717) is 5.75 Å². The van der Waals surface area contributed by atoms with E-state index in [1.54, 1.807) is 0 Å². The molecule has 0 unspecified atom stereocenters. The molecule has 0 heterocycles. The topological polar surface area (TPSA) is 17.1 Å². The number of terminal acetylenes is 1. The van der Waals surface area contributed by atoms with E-state index >= 15 is 0 Å². The first-order valence-corrected chi connectivity index (χ1v) is 7.56. The molecule has 1 nitrogen and oxygen atoms in total. The van der Waals surface area contributed by atoms with Gasteiger partial charge in [-0.25, -0.2) is 0 Å². The summed E-state index contributed by atoms with van der Waals surface area (Å²) in [6.45, 7) is 5.91. The molecule has 1 rings (SSSR count). The summed E-state index contributed by atoms with van der Waals surface area (Å²) in [5, 5.41) is 0. The third kappa shape index (κ3) is 4.29. The Bertz CT molecular complexity index is 437. The van der Waals surface area contributed by atoms with Crippen molar-refractivity contribution in [1.82, 2.24) is 0 Å². The molecule has 0 aliphatic rings. The average Bonchev–Trinajstić information content (AvgIpc) is 2.25. The van der Waals surface area contributed by atoms with Crippen LogP contribution in [0.2, 0.25) is 0 Å². The van der Waals surface area contributed by atoms with Crippen LogP contribution in [0.3, 0.4) is 0 Å². The van der Waals surface area contributed by atoms with Crippen molar-refractivity contribution in [1.29, 1.82) is 0 Å². The summed E-state index contributed by atoms with van der Waals surface area (Å²) in [5.41, 5.74) is 1.05. The molecule has 0 saturated heterocycles. The van der Waals surface area contributed by atoms with E-state index < -0.39 is 10.8 Å². The van der Waals surface area contributed by atoms with E-state index in [4.69, 9.17) is 6.42 Å². The van der Waals surface area contributed by atoms with Gasteiger partial charge in [0.2, 0.25) is 0 Å². The van der Waals surface area contributed by atoms with Crippen LogP contribution in [0.25, 0.3) is 0 Å². The highest BCUT2D eigenvalue weighted by atomic mass is 79.9. The van der Waals surface area contributed by atoms with Gasteiger partial charge < -0.3 is 0 Å². The number of halogens is 1. The van der Waals surface area contributed by atoms with E-state index in [2.05, 4.69) is 21.9 Å². The van der Waals surface area contributed by atoms with Gasteiger partial charge in [0.05, 0.1) is 5.92 Å². The lowest BCUT2D eigenvalue weighted by molar-refractivity contribution is 0.646. The Labute approximate surface area is 115 Å². The molecule has 0 N–H and O–H groups in total. The summed E-state index contributed by atoms with van der Waals surface area (Å²) in [4.78, 5) is 0. The summed E-state index contributed by atoms with van der Waals surface area (Å²) in [6.07, 6.45) is 5.54. The Hall–Kier alpha value is -0.590. The van der Waals surface area contributed by atoms with Gasteiger partial charge in [-0.3, -0.25) is 4.21 Å². The number of hydrogen-bond donors (Lipinski definition) is 0. The molecule has 3 heteroatoms. The van der Waals surface area contributed by atoms with Crippen molar-refractivity contribution < 1.29 is 4.21 Å². The van der Waals surface area contributed by atoms with Crippen LogP contribution >= 0.6 is 15.9 Å². The second-order valence-corrected chi connectivity index (χ2v) is 8.06. The molecule has 92 valence electrons. The van der Waals surface area contributed by atoms with Crippen molar-refractivity contribution in [2.24, 2.45) is 0 Å². The second kappa shape index (κ2) is 5.84. The minimum Gasteiger partial charge on any atom is -0.259 e. The van der Waals surface area contributed by atoms with Gasteiger partial charge in [0.15, 0.2) is 0 Å². The van der Waals surface area contributed by atoms with Gasteiger partial charge in [-0.1, -0.05) is 34.0 Å². The molecule has 0 spiro atoms. The Morgan fingerprint density at radius 1 is 1.35 bits per heavy atom. The molecule has 0 fully saturated rings. The van der Waals surface area contributed by atoms with Crippen LogP contribution in [0.15, 0.2) is 28.7 Å². The monoisotopic (exact) mass is 312 g/mol. The predicted molar refractivity (Wildman–Crippen MR) is 78.5 cm³/mol. The molecule has 17 heavy (non-hydrogen) atoms. The molecule has 1 aromatic carbocycles. The SMILES string of the molecule is C#C[C@@H](C[S@](=O)C(C)(C)C)c1ccc(Br)cc1. The molecule has 0 aliphatic carbocycles. The first-order valence-electron chi connectivity index (χ1n) is 5.44. The summed E-state index contributed by atoms with van der Waals surface area (Å²) in [6, 6.07) is 7.88. The fraction of sp³-hybridized carbons (Fsp3) is 0.429. The maximum Gasteiger partial charge on any atom is 0.0564 e. The lowest BCUT2D eigenvalue weighted by atomic mass is 10.0. The molecular formula is C14H17BrOS. The zero-order chi connectivity index (χ0) is 13.1. The second-order valence-electron chi connectivity index (χ2n) is 4.90. The smallest absolute Gasteiger partial charge is 0.0564 e. The standard InChI is InChI=1S/C14H17BrOS/c1-5-11(10-17(16)14(2,3)4)12-6-8-13(15)9-7-12/h1,6-9,11H,10H2,2-4H3/t11-,17-/m0/s1. The molecule has 0 aliphatic heterocycles. The van der Waals surface area contributed by atoms with Gasteiger partial charge in [0.25, 0.3) is 0 Å². The quantitative estimate of drug-likeness (QED) is 0.778. The van der Waals surface area contributed by atoms with E-state index in [0.717, 1.165) is 10.0 Å². The number of hydrogen-bond acceptors (Lipinski definition) is 1. The van der Waals surface area contributed by atoms with Crippen molar-refractivity contribution >= 4 is 26.7 Å². The van der Waals surface area contributed by atoms with E-state index in [-0.39, 0.29) is 10.7 Å². The summed E-state index contributed by atoms with van der Waals surface area (Å²) >= 11 is 3.39. The Kier molecular flexibility index (Phi) is 4.97. The van der Waals surface area contributed by atoms with Crippen LogP contribution in [-0.4, -0.2) is 14.7 Å². The Morgan fingerprint density at radius 3 is 2.29 bits per heavy atom. The first kappa shape index (κ1) is 14.5. The van der Waals surface area contributed by atoms with Gasteiger partial charge in [-0.15, -0.1) is 6.42 Å². The molecule has 2 atom stereocenters. The lowest BCUT2D eigenvalue weighted by Crippen LogP contribution is -2.26. The van der Waals surface area contributed by atoms with Gasteiger partial charge >= 0.3 is 0 Å². The summed E-state index contributed by atoms with van der Waals surface area (Å²) in [7, 11) is -0.927. The maximum atomic E-state index is 12.1. The van der Waals surface area contributed by atoms with Gasteiger partial charge in [-0.2, -0.15) is 0 Å². The fourth-order valence-electron chi connectivity index (χ4n) is 1.34. The number of rotatable bonds is 3. The third-order valence-electron chi connectivity index (χ3n) is 2.47. The normalized spacial score (nSPS) is 15.0. The van der Waals surface area contributed by atoms with Crippen molar-refractivity contribution in [2.45, 2.75) is 31.4 Å². The zero-order valence-corrected chi connectivity index (χ0v) is 12.8. The van der Waals surface area contributed by atoms with Crippen LogP contribution in [0.5, 0.6) is 0 Å². The first-order chi connectivity index (χ1) is 7.84. The lowest BCUT2D eigenvalue weighted by Gasteiger charge is -2.20. The van der Waals surface area contributed by atoms with Crippen LogP contribution in [0.4, 0.5) is 0 Å². The third-order valence-corrected chi connectivity index (χ3v) is 5.01. The van der Waals surface area contributed by atoms with Gasteiger partial charge in [0, 0.05) is 25.8 Å². The van der Waals surface area contributed by atoms with E-state index in [1.807, 2.05) is 45.0 Å². The van der Waals surface area contributed by atoms with Crippen molar-refractivity contribution in [3.05, 3.63) is 34.3 Å². The molecule has 0 bridgehead atoms. The maximum absolute atomic E-state index is 12.1. The predicted octanol–water partition coefficient (Wildman–Crippen LogP) is 3.71. The van der Waals surface area contributed by atoms with E-state index in [9.17, 15) is 4.21 Å². The van der Waals surface area contributed by atoms with Crippen LogP contribution in [-0.2, 0) is 10.8 Å². The van der Waals surface area contributed by atoms with E-state index in [1.165, 1.54) is 0 Å². The van der Waals surface area contributed by atoms with Crippen LogP contribution in [0.1, 0.15) is 32.3 Å². The molecule has 0 amide bonds. The van der Waals surface area contributed by atoms with Crippen LogP contribution in [0, 0.1) is 12.3 Å². The molecule has 0 radical (unpaired) electrons. The van der Waals surface area contributed by atoms with Crippen molar-refractivity contribution in [3.63, 3.8) is 0 Å². The molecule has 0 saturated carbocycles. The molecule has 0 aromatic heterocycles. The van der Waals surface area contributed by atoms with Crippen molar-refractivity contribution in [2.75, 3.05) is 5.75 Å². The highest BCUT2D eigenvalue weighted by Crippen LogP contribution is 2.22. The molecule has 1 aromatic rings. The molecular weight excluding hydrogens is 296 g/mol. The van der Waals surface area contributed by atoms with Gasteiger partial charge in [-0.05, 0) is 38.5 Å². The van der Waals surface area contributed by atoms with Crippen LogP contribution < -0.4 is 0 Å². The zero-order valence-electron chi connectivity index (χ0n) is 10.4. The number of benzene rings is 1. The largest absolute Gasteiger partial charge is 0.259 e. The van der Waals surface area contributed by atoms with Gasteiger partial charge in [0.1, 0.15) is 0 Å². The minimum atomic E-state index is -0.927. The Balaban J connectivity index is 2.84.